The third kappa shape index (κ3) is 2.76. The van der Waals surface area contributed by atoms with E-state index < -0.39 is 0 Å². The van der Waals surface area contributed by atoms with Crippen LogP contribution in [0.5, 0.6) is 5.75 Å². The summed E-state index contributed by atoms with van der Waals surface area (Å²) < 4.78 is 5.57. The largest absolute Gasteiger partial charge is 0.493 e. The average molecular weight is 331 g/mol. The maximum Gasteiger partial charge on any atom is 0.122 e. The summed E-state index contributed by atoms with van der Waals surface area (Å²) in [6.45, 7) is 5.16. The summed E-state index contributed by atoms with van der Waals surface area (Å²) in [5.41, 5.74) is 6.78. The van der Waals surface area contributed by atoms with Crippen LogP contribution in [0.15, 0.2) is 36.4 Å². The first kappa shape index (κ1) is 13.7. The van der Waals surface area contributed by atoms with Crippen LogP contribution in [0.1, 0.15) is 32.6 Å². The van der Waals surface area contributed by atoms with Gasteiger partial charge in [0.05, 0.1) is 6.61 Å². The highest BCUT2D eigenvalue weighted by molar-refractivity contribution is 9.09. The number of hydrogen-bond acceptors (Lipinski definition) is 1. The van der Waals surface area contributed by atoms with E-state index in [0.29, 0.717) is 4.83 Å². The minimum Gasteiger partial charge on any atom is -0.493 e. The minimum atomic E-state index is 0.357. The third-order valence-electron chi connectivity index (χ3n) is 4.06. The maximum atomic E-state index is 5.57. The molecule has 2 heteroatoms. The molecule has 0 aliphatic carbocycles. The first-order valence-corrected chi connectivity index (χ1v) is 8.01. The molecule has 1 atom stereocenters. The van der Waals surface area contributed by atoms with E-state index in [1.54, 1.807) is 0 Å². The van der Waals surface area contributed by atoms with Crippen LogP contribution in [-0.4, -0.2) is 6.61 Å². The van der Waals surface area contributed by atoms with Crippen LogP contribution in [0.25, 0.3) is 0 Å². The molecule has 1 heterocycles. The monoisotopic (exact) mass is 330 g/mol. The van der Waals surface area contributed by atoms with E-state index in [-0.39, 0.29) is 0 Å². The fourth-order valence-electron chi connectivity index (χ4n) is 2.66. The van der Waals surface area contributed by atoms with Crippen molar-refractivity contribution in [1.29, 1.82) is 0 Å². The van der Waals surface area contributed by atoms with E-state index in [1.165, 1.54) is 27.8 Å². The van der Waals surface area contributed by atoms with Gasteiger partial charge in [0.15, 0.2) is 0 Å². The second kappa shape index (κ2) is 5.61. The zero-order valence-corrected chi connectivity index (χ0v) is 13.5. The Morgan fingerprint density at radius 1 is 1.10 bits per heavy atom. The number of benzene rings is 2. The van der Waals surface area contributed by atoms with Gasteiger partial charge in [-0.05, 0) is 54.2 Å². The highest BCUT2D eigenvalue weighted by Crippen LogP contribution is 2.33. The molecule has 0 spiro atoms. The van der Waals surface area contributed by atoms with Crippen LogP contribution in [-0.2, 0) is 12.8 Å². The van der Waals surface area contributed by atoms with Crippen molar-refractivity contribution < 1.29 is 4.74 Å². The van der Waals surface area contributed by atoms with Crippen LogP contribution in [0.4, 0.5) is 0 Å². The molecule has 1 nitrogen and oxygen atoms in total. The molecule has 20 heavy (non-hydrogen) atoms. The molecule has 2 aromatic rings. The first-order chi connectivity index (χ1) is 9.63. The fourth-order valence-corrected chi connectivity index (χ4v) is 3.32. The fraction of sp³-hybridized carbons (Fsp3) is 0.333. The molecule has 2 aromatic carbocycles. The van der Waals surface area contributed by atoms with Crippen molar-refractivity contribution in [3.05, 3.63) is 64.2 Å². The Bertz CT molecular complexity index is 633. The summed E-state index contributed by atoms with van der Waals surface area (Å²) in [6, 6.07) is 13.3. The van der Waals surface area contributed by atoms with Crippen LogP contribution >= 0.6 is 15.9 Å². The van der Waals surface area contributed by atoms with E-state index in [4.69, 9.17) is 4.74 Å². The molecule has 1 unspecified atom stereocenters. The van der Waals surface area contributed by atoms with E-state index >= 15 is 0 Å². The smallest absolute Gasteiger partial charge is 0.122 e. The van der Waals surface area contributed by atoms with Gasteiger partial charge in [0.2, 0.25) is 0 Å². The molecule has 1 aliphatic heterocycles. The molecule has 0 N–H and O–H groups in total. The number of hydrogen-bond donors (Lipinski definition) is 0. The molecular formula is C18H19BrO. The summed E-state index contributed by atoms with van der Waals surface area (Å²) in [6.07, 6.45) is 2.05. The Kier molecular flexibility index (Phi) is 3.84. The Hall–Kier alpha value is -1.28. The number of aryl methyl sites for hydroxylation is 2. The van der Waals surface area contributed by atoms with Crippen LogP contribution in [0.3, 0.4) is 0 Å². The Morgan fingerprint density at radius 3 is 2.75 bits per heavy atom. The van der Waals surface area contributed by atoms with Gasteiger partial charge in [0.1, 0.15) is 5.75 Å². The lowest BCUT2D eigenvalue weighted by atomic mass is 9.99. The second-order valence-electron chi connectivity index (χ2n) is 5.56. The molecular weight excluding hydrogens is 312 g/mol. The molecule has 0 bridgehead atoms. The quantitative estimate of drug-likeness (QED) is 0.726. The van der Waals surface area contributed by atoms with Gasteiger partial charge in [-0.15, -0.1) is 0 Å². The molecule has 3 rings (SSSR count). The van der Waals surface area contributed by atoms with Crippen molar-refractivity contribution in [2.75, 3.05) is 6.61 Å². The third-order valence-corrected chi connectivity index (χ3v) is 4.91. The van der Waals surface area contributed by atoms with Crippen LogP contribution in [0, 0.1) is 13.8 Å². The van der Waals surface area contributed by atoms with Gasteiger partial charge in [-0.2, -0.15) is 0 Å². The standard InChI is InChI=1S/C18H19BrO/c1-12-3-4-14(9-13(12)2)10-17(19)15-5-6-18-16(11-15)7-8-20-18/h3-6,9,11,17H,7-8,10H2,1-2H3. The normalized spacial score (nSPS) is 14.8. The summed E-state index contributed by atoms with van der Waals surface area (Å²) >= 11 is 3.83. The van der Waals surface area contributed by atoms with Crippen molar-refractivity contribution in [3.8, 4) is 5.75 Å². The SMILES string of the molecule is Cc1ccc(CC(Br)c2ccc3c(c2)CCO3)cc1C. The second-order valence-corrected chi connectivity index (χ2v) is 6.66. The van der Waals surface area contributed by atoms with Crippen molar-refractivity contribution in [3.63, 3.8) is 0 Å². The maximum absolute atomic E-state index is 5.57. The zero-order valence-electron chi connectivity index (χ0n) is 11.9. The summed E-state index contributed by atoms with van der Waals surface area (Å²) in [5, 5.41) is 0. The Balaban J connectivity index is 1.78. The number of alkyl halides is 1. The van der Waals surface area contributed by atoms with Crippen molar-refractivity contribution in [2.45, 2.75) is 31.5 Å². The van der Waals surface area contributed by atoms with Gasteiger partial charge in [0.25, 0.3) is 0 Å². The van der Waals surface area contributed by atoms with Gasteiger partial charge in [0, 0.05) is 11.2 Å². The lowest BCUT2D eigenvalue weighted by Gasteiger charge is -2.13. The average Bonchev–Trinajstić information content (AvgIpc) is 2.90. The van der Waals surface area contributed by atoms with Crippen LogP contribution < -0.4 is 4.74 Å². The number of ether oxygens (including phenoxy) is 1. The Morgan fingerprint density at radius 2 is 1.95 bits per heavy atom. The lowest BCUT2D eigenvalue weighted by molar-refractivity contribution is 0.357. The molecule has 1 aliphatic rings. The molecule has 0 aromatic heterocycles. The van der Waals surface area contributed by atoms with Gasteiger partial charge >= 0.3 is 0 Å². The molecule has 0 saturated heterocycles. The molecule has 0 saturated carbocycles. The topological polar surface area (TPSA) is 9.23 Å². The first-order valence-electron chi connectivity index (χ1n) is 7.09. The number of rotatable bonds is 3. The van der Waals surface area contributed by atoms with Gasteiger partial charge in [-0.1, -0.05) is 46.3 Å². The summed E-state index contributed by atoms with van der Waals surface area (Å²) in [5.74, 6) is 1.06. The molecule has 0 amide bonds. The van der Waals surface area contributed by atoms with Gasteiger partial charge in [-0.3, -0.25) is 0 Å². The van der Waals surface area contributed by atoms with Crippen molar-refractivity contribution in [2.24, 2.45) is 0 Å². The molecule has 0 fully saturated rings. The predicted molar refractivity (Wildman–Crippen MR) is 86.9 cm³/mol. The number of halogens is 1. The van der Waals surface area contributed by atoms with Gasteiger partial charge in [-0.25, -0.2) is 0 Å². The van der Waals surface area contributed by atoms with Crippen molar-refractivity contribution in [1.82, 2.24) is 0 Å². The highest BCUT2D eigenvalue weighted by atomic mass is 79.9. The summed E-state index contributed by atoms with van der Waals surface area (Å²) in [4.78, 5) is 0.357. The molecule has 104 valence electrons. The highest BCUT2D eigenvalue weighted by Gasteiger charge is 2.15. The lowest BCUT2D eigenvalue weighted by Crippen LogP contribution is -1.97. The van der Waals surface area contributed by atoms with E-state index in [9.17, 15) is 0 Å². The minimum absolute atomic E-state index is 0.357. The van der Waals surface area contributed by atoms with E-state index in [1.807, 2.05) is 0 Å². The molecule has 0 radical (unpaired) electrons. The summed E-state index contributed by atoms with van der Waals surface area (Å²) in [7, 11) is 0. The van der Waals surface area contributed by atoms with E-state index in [0.717, 1.165) is 25.2 Å². The van der Waals surface area contributed by atoms with Crippen molar-refractivity contribution >= 4 is 15.9 Å². The van der Waals surface area contributed by atoms with E-state index in [2.05, 4.69) is 66.2 Å². The van der Waals surface area contributed by atoms with Crippen LogP contribution in [0.2, 0.25) is 0 Å². The van der Waals surface area contributed by atoms with Gasteiger partial charge < -0.3 is 4.74 Å². The zero-order chi connectivity index (χ0) is 14.1. The Labute approximate surface area is 129 Å². The predicted octanol–water partition coefficient (Wildman–Crippen LogP) is 4.92. The number of fused-ring (bicyclic) bond motifs is 1.